The van der Waals surface area contributed by atoms with Crippen molar-refractivity contribution in [1.82, 2.24) is 4.98 Å². The molecule has 1 aliphatic rings. The second-order valence-electron chi connectivity index (χ2n) is 3.41. The SMILES string of the molecule is Nc1ccncc1CC1CCCO1. The minimum atomic E-state index is 0.353. The largest absolute Gasteiger partial charge is 0.398 e. The Hall–Kier alpha value is -1.09. The third-order valence-corrected chi connectivity index (χ3v) is 2.41. The first kappa shape index (κ1) is 8.51. The van der Waals surface area contributed by atoms with E-state index in [-0.39, 0.29) is 0 Å². The molecule has 1 aromatic rings. The van der Waals surface area contributed by atoms with E-state index in [9.17, 15) is 0 Å². The molecule has 0 spiro atoms. The normalized spacial score (nSPS) is 22.0. The molecule has 0 aliphatic carbocycles. The van der Waals surface area contributed by atoms with E-state index in [1.165, 1.54) is 6.42 Å². The van der Waals surface area contributed by atoms with Crippen molar-refractivity contribution in [2.24, 2.45) is 0 Å². The van der Waals surface area contributed by atoms with Crippen molar-refractivity contribution in [3.63, 3.8) is 0 Å². The molecule has 13 heavy (non-hydrogen) atoms. The fourth-order valence-corrected chi connectivity index (χ4v) is 1.66. The lowest BCUT2D eigenvalue weighted by atomic mass is 10.1. The molecular formula is C10H14N2O. The highest BCUT2D eigenvalue weighted by Crippen LogP contribution is 2.19. The van der Waals surface area contributed by atoms with Crippen LogP contribution in [0.3, 0.4) is 0 Å². The van der Waals surface area contributed by atoms with E-state index in [2.05, 4.69) is 4.98 Å². The molecule has 2 heterocycles. The predicted octanol–water partition coefficient (Wildman–Crippen LogP) is 1.39. The smallest absolute Gasteiger partial charge is 0.0617 e. The summed E-state index contributed by atoms with van der Waals surface area (Å²) in [5, 5.41) is 0. The van der Waals surface area contributed by atoms with Crippen molar-refractivity contribution in [3.05, 3.63) is 24.0 Å². The van der Waals surface area contributed by atoms with Crippen LogP contribution in [-0.2, 0) is 11.2 Å². The van der Waals surface area contributed by atoms with Gasteiger partial charge in [0.2, 0.25) is 0 Å². The quantitative estimate of drug-likeness (QED) is 0.744. The van der Waals surface area contributed by atoms with Gasteiger partial charge in [-0.3, -0.25) is 4.98 Å². The average molecular weight is 178 g/mol. The number of anilines is 1. The van der Waals surface area contributed by atoms with Crippen LogP contribution in [0.25, 0.3) is 0 Å². The van der Waals surface area contributed by atoms with Gasteiger partial charge in [-0.1, -0.05) is 0 Å². The van der Waals surface area contributed by atoms with Crippen LogP contribution in [-0.4, -0.2) is 17.7 Å². The molecule has 0 radical (unpaired) electrons. The standard InChI is InChI=1S/C10H14N2O/c11-10-3-4-12-7-8(10)6-9-2-1-5-13-9/h3-4,7,9H,1-2,5-6H2,(H2,11,12). The number of nitrogen functional groups attached to an aromatic ring is 1. The highest BCUT2D eigenvalue weighted by atomic mass is 16.5. The van der Waals surface area contributed by atoms with Crippen molar-refractivity contribution in [1.29, 1.82) is 0 Å². The van der Waals surface area contributed by atoms with Crippen molar-refractivity contribution < 1.29 is 4.74 Å². The zero-order valence-corrected chi connectivity index (χ0v) is 7.57. The molecule has 1 atom stereocenters. The van der Waals surface area contributed by atoms with E-state index < -0.39 is 0 Å². The fraction of sp³-hybridized carbons (Fsp3) is 0.500. The maximum atomic E-state index is 5.80. The van der Waals surface area contributed by atoms with E-state index in [0.29, 0.717) is 6.10 Å². The number of aromatic nitrogens is 1. The molecule has 0 saturated carbocycles. The lowest BCUT2D eigenvalue weighted by molar-refractivity contribution is 0.111. The second kappa shape index (κ2) is 3.75. The van der Waals surface area contributed by atoms with E-state index in [0.717, 1.165) is 30.7 Å². The lowest BCUT2D eigenvalue weighted by Crippen LogP contribution is -2.10. The molecule has 1 aromatic heterocycles. The van der Waals surface area contributed by atoms with Gasteiger partial charge in [0.05, 0.1) is 6.10 Å². The molecule has 3 heteroatoms. The van der Waals surface area contributed by atoms with Crippen LogP contribution >= 0.6 is 0 Å². The zero-order chi connectivity index (χ0) is 9.10. The van der Waals surface area contributed by atoms with Crippen LogP contribution in [0, 0.1) is 0 Å². The molecule has 0 aromatic carbocycles. The number of pyridine rings is 1. The maximum Gasteiger partial charge on any atom is 0.0617 e. The molecule has 2 rings (SSSR count). The van der Waals surface area contributed by atoms with Crippen LogP contribution in [0.15, 0.2) is 18.5 Å². The zero-order valence-electron chi connectivity index (χ0n) is 7.57. The van der Waals surface area contributed by atoms with Crippen molar-refractivity contribution >= 4 is 5.69 Å². The topological polar surface area (TPSA) is 48.1 Å². The summed E-state index contributed by atoms with van der Waals surface area (Å²) in [6, 6.07) is 1.84. The van der Waals surface area contributed by atoms with Gasteiger partial charge in [-0.25, -0.2) is 0 Å². The van der Waals surface area contributed by atoms with E-state index in [1.807, 2.05) is 12.3 Å². The Balaban J connectivity index is 2.04. The van der Waals surface area contributed by atoms with Gasteiger partial charge in [-0.05, 0) is 24.5 Å². The van der Waals surface area contributed by atoms with E-state index in [1.54, 1.807) is 6.20 Å². The van der Waals surface area contributed by atoms with Crippen LogP contribution in [0.1, 0.15) is 18.4 Å². The summed E-state index contributed by atoms with van der Waals surface area (Å²) in [6.07, 6.45) is 7.12. The minimum Gasteiger partial charge on any atom is -0.398 e. The molecule has 70 valence electrons. The van der Waals surface area contributed by atoms with Crippen LogP contribution in [0.5, 0.6) is 0 Å². The summed E-state index contributed by atoms with van der Waals surface area (Å²) >= 11 is 0. The first-order valence-electron chi connectivity index (χ1n) is 4.66. The third-order valence-electron chi connectivity index (χ3n) is 2.41. The molecule has 1 unspecified atom stereocenters. The van der Waals surface area contributed by atoms with E-state index in [4.69, 9.17) is 10.5 Å². The Labute approximate surface area is 77.9 Å². The van der Waals surface area contributed by atoms with Crippen molar-refractivity contribution in [3.8, 4) is 0 Å². The molecule has 3 nitrogen and oxygen atoms in total. The minimum absolute atomic E-state index is 0.353. The van der Waals surface area contributed by atoms with Gasteiger partial charge in [-0.2, -0.15) is 0 Å². The van der Waals surface area contributed by atoms with E-state index >= 15 is 0 Å². The third kappa shape index (κ3) is 1.98. The van der Waals surface area contributed by atoms with Crippen molar-refractivity contribution in [2.45, 2.75) is 25.4 Å². The molecular weight excluding hydrogens is 164 g/mol. The van der Waals surface area contributed by atoms with Crippen molar-refractivity contribution in [2.75, 3.05) is 12.3 Å². The van der Waals surface area contributed by atoms with Gasteiger partial charge >= 0.3 is 0 Å². The van der Waals surface area contributed by atoms with Gasteiger partial charge in [0.15, 0.2) is 0 Å². The van der Waals surface area contributed by atoms with Gasteiger partial charge in [0, 0.05) is 31.1 Å². The number of nitrogens with two attached hydrogens (primary N) is 1. The molecule has 0 bridgehead atoms. The molecule has 2 N–H and O–H groups in total. The van der Waals surface area contributed by atoms with Crippen LogP contribution in [0.2, 0.25) is 0 Å². The predicted molar refractivity (Wildman–Crippen MR) is 51.3 cm³/mol. The van der Waals surface area contributed by atoms with Gasteiger partial charge < -0.3 is 10.5 Å². The fourth-order valence-electron chi connectivity index (χ4n) is 1.66. The Kier molecular flexibility index (Phi) is 2.45. The molecule has 1 aliphatic heterocycles. The number of rotatable bonds is 2. The Morgan fingerprint density at radius 2 is 2.54 bits per heavy atom. The van der Waals surface area contributed by atoms with Gasteiger partial charge in [0.25, 0.3) is 0 Å². The summed E-state index contributed by atoms with van der Waals surface area (Å²) < 4.78 is 5.53. The number of nitrogens with zero attached hydrogens (tertiary/aromatic N) is 1. The highest BCUT2D eigenvalue weighted by Gasteiger charge is 2.16. The Morgan fingerprint density at radius 1 is 1.62 bits per heavy atom. The maximum absolute atomic E-state index is 5.80. The van der Waals surface area contributed by atoms with Crippen LogP contribution < -0.4 is 5.73 Å². The average Bonchev–Trinajstić information content (AvgIpc) is 2.61. The summed E-state index contributed by atoms with van der Waals surface area (Å²) in [4.78, 5) is 4.05. The van der Waals surface area contributed by atoms with Crippen LogP contribution in [0.4, 0.5) is 5.69 Å². The molecule has 0 amide bonds. The molecule has 1 fully saturated rings. The van der Waals surface area contributed by atoms with Gasteiger partial charge in [0.1, 0.15) is 0 Å². The number of ether oxygens (including phenoxy) is 1. The summed E-state index contributed by atoms with van der Waals surface area (Å²) in [7, 11) is 0. The lowest BCUT2D eigenvalue weighted by Gasteiger charge is -2.10. The highest BCUT2D eigenvalue weighted by molar-refractivity contribution is 5.44. The number of hydrogen-bond acceptors (Lipinski definition) is 3. The monoisotopic (exact) mass is 178 g/mol. The second-order valence-corrected chi connectivity index (χ2v) is 3.41. The number of hydrogen-bond donors (Lipinski definition) is 1. The first-order chi connectivity index (χ1) is 6.36. The first-order valence-corrected chi connectivity index (χ1v) is 4.66. The summed E-state index contributed by atoms with van der Waals surface area (Å²) in [6.45, 7) is 0.894. The summed E-state index contributed by atoms with van der Waals surface area (Å²) in [5.41, 5.74) is 7.73. The van der Waals surface area contributed by atoms with Gasteiger partial charge in [-0.15, -0.1) is 0 Å². The summed E-state index contributed by atoms with van der Waals surface area (Å²) in [5.74, 6) is 0. The Bertz CT molecular complexity index is 282. The molecule has 1 saturated heterocycles. The Morgan fingerprint density at radius 3 is 3.23 bits per heavy atom.